The molecule has 3 heteroatoms. The molecule has 0 amide bonds. The fourth-order valence-electron chi connectivity index (χ4n) is 1.12. The zero-order valence-corrected chi connectivity index (χ0v) is 11.4. The summed E-state index contributed by atoms with van der Waals surface area (Å²) < 4.78 is 0. The van der Waals surface area contributed by atoms with Gasteiger partial charge in [0.15, 0.2) is 0 Å². The van der Waals surface area contributed by atoms with Gasteiger partial charge >= 0.3 is 0 Å². The van der Waals surface area contributed by atoms with Gasteiger partial charge in [0.25, 0.3) is 0 Å². The highest BCUT2D eigenvalue weighted by molar-refractivity contribution is 7.99. The van der Waals surface area contributed by atoms with Gasteiger partial charge in [0.1, 0.15) is 0 Å². The van der Waals surface area contributed by atoms with Crippen LogP contribution in [0.1, 0.15) is 34.1 Å². The zero-order chi connectivity index (χ0) is 11.7. The van der Waals surface area contributed by atoms with Crippen LogP contribution in [0.4, 0.5) is 0 Å². The van der Waals surface area contributed by atoms with E-state index in [0.29, 0.717) is 5.92 Å². The molecule has 92 valence electrons. The average Bonchev–Trinajstić information content (AvgIpc) is 2.17. The van der Waals surface area contributed by atoms with E-state index in [0.717, 1.165) is 30.5 Å². The van der Waals surface area contributed by atoms with Gasteiger partial charge in [-0.25, -0.2) is 0 Å². The third-order valence-electron chi connectivity index (χ3n) is 2.34. The van der Waals surface area contributed by atoms with Gasteiger partial charge < -0.3 is 10.4 Å². The van der Waals surface area contributed by atoms with Crippen LogP contribution >= 0.6 is 11.8 Å². The number of aliphatic hydroxyl groups is 1. The van der Waals surface area contributed by atoms with Gasteiger partial charge in [-0.3, -0.25) is 0 Å². The fourth-order valence-corrected chi connectivity index (χ4v) is 2.28. The molecule has 2 N–H and O–H groups in total. The van der Waals surface area contributed by atoms with Gasteiger partial charge in [0.2, 0.25) is 0 Å². The van der Waals surface area contributed by atoms with Crippen molar-refractivity contribution in [3.63, 3.8) is 0 Å². The molecule has 0 heterocycles. The highest BCUT2D eigenvalue weighted by Crippen LogP contribution is 2.11. The summed E-state index contributed by atoms with van der Waals surface area (Å²) in [4.78, 5) is 0. The maximum atomic E-state index is 9.66. The Kier molecular flexibility index (Phi) is 9.66. The van der Waals surface area contributed by atoms with Crippen LogP contribution in [0, 0.1) is 11.8 Å². The minimum atomic E-state index is -0.196. The lowest BCUT2D eigenvalue weighted by atomic mass is 10.2. The largest absolute Gasteiger partial charge is 0.391 e. The first-order valence-electron chi connectivity index (χ1n) is 6.02. The minimum absolute atomic E-state index is 0.196. The summed E-state index contributed by atoms with van der Waals surface area (Å²) in [6.07, 6.45) is 1.03. The molecule has 0 aliphatic carbocycles. The Morgan fingerprint density at radius 1 is 1.13 bits per heavy atom. The normalized spacial score (nSPS) is 15.6. The van der Waals surface area contributed by atoms with E-state index in [4.69, 9.17) is 0 Å². The van der Waals surface area contributed by atoms with Crippen LogP contribution in [0.5, 0.6) is 0 Å². The van der Waals surface area contributed by atoms with Crippen LogP contribution in [-0.4, -0.2) is 35.8 Å². The Balaban J connectivity index is 3.29. The second-order valence-corrected chi connectivity index (χ2v) is 5.83. The summed E-state index contributed by atoms with van der Waals surface area (Å²) in [7, 11) is 0. The molecule has 0 fully saturated rings. The molecule has 2 nitrogen and oxygen atoms in total. The summed E-state index contributed by atoms with van der Waals surface area (Å²) in [5.74, 6) is 3.45. The first-order chi connectivity index (χ1) is 7.06. The third-order valence-corrected chi connectivity index (χ3v) is 3.77. The summed E-state index contributed by atoms with van der Waals surface area (Å²) in [5, 5.41) is 12.9. The van der Waals surface area contributed by atoms with Gasteiger partial charge in [-0.15, -0.1) is 0 Å². The number of rotatable bonds is 9. The van der Waals surface area contributed by atoms with Crippen LogP contribution in [0.25, 0.3) is 0 Å². The molecule has 2 atom stereocenters. The van der Waals surface area contributed by atoms with Crippen molar-refractivity contribution in [2.24, 2.45) is 11.8 Å². The second-order valence-electron chi connectivity index (χ2n) is 4.76. The Bertz CT molecular complexity index is 142. The fraction of sp³-hybridized carbons (Fsp3) is 1.00. The van der Waals surface area contributed by atoms with Crippen molar-refractivity contribution in [1.82, 2.24) is 5.32 Å². The molecule has 0 aliphatic rings. The van der Waals surface area contributed by atoms with Gasteiger partial charge in [-0.1, -0.05) is 34.1 Å². The highest BCUT2D eigenvalue weighted by Gasteiger charge is 2.05. The maximum absolute atomic E-state index is 9.66. The summed E-state index contributed by atoms with van der Waals surface area (Å²) in [5.41, 5.74) is 0. The number of nitrogens with one attached hydrogen (secondary N) is 1. The Morgan fingerprint density at radius 3 is 2.33 bits per heavy atom. The molecule has 2 unspecified atom stereocenters. The van der Waals surface area contributed by atoms with Crippen molar-refractivity contribution in [1.29, 1.82) is 0 Å². The van der Waals surface area contributed by atoms with Crippen LogP contribution in [-0.2, 0) is 0 Å². The Morgan fingerprint density at radius 2 is 1.80 bits per heavy atom. The third kappa shape index (κ3) is 10.6. The highest BCUT2D eigenvalue weighted by atomic mass is 32.2. The molecule has 15 heavy (non-hydrogen) atoms. The molecule has 0 aliphatic heterocycles. The van der Waals surface area contributed by atoms with E-state index in [1.165, 1.54) is 6.42 Å². The number of aliphatic hydroxyl groups excluding tert-OH is 1. The van der Waals surface area contributed by atoms with E-state index in [-0.39, 0.29) is 6.10 Å². The van der Waals surface area contributed by atoms with Crippen molar-refractivity contribution in [3.8, 4) is 0 Å². The van der Waals surface area contributed by atoms with Crippen LogP contribution in [0.3, 0.4) is 0 Å². The number of hydrogen-bond acceptors (Lipinski definition) is 3. The molecule has 0 spiro atoms. The van der Waals surface area contributed by atoms with Crippen molar-refractivity contribution < 1.29 is 5.11 Å². The first kappa shape index (κ1) is 15.3. The lowest BCUT2D eigenvalue weighted by Gasteiger charge is -2.14. The monoisotopic (exact) mass is 233 g/mol. The van der Waals surface area contributed by atoms with Gasteiger partial charge in [0.05, 0.1) is 6.10 Å². The second kappa shape index (κ2) is 9.49. The lowest BCUT2D eigenvalue weighted by Crippen LogP contribution is -2.31. The molecule has 0 bridgehead atoms. The zero-order valence-electron chi connectivity index (χ0n) is 10.6. The molecule has 0 aromatic carbocycles. The average molecular weight is 233 g/mol. The van der Waals surface area contributed by atoms with Gasteiger partial charge in [0, 0.05) is 12.3 Å². The van der Waals surface area contributed by atoms with Crippen LogP contribution in [0.15, 0.2) is 0 Å². The summed E-state index contributed by atoms with van der Waals surface area (Å²) in [6.45, 7) is 10.6. The SMILES string of the molecule is CCC(C)CSCC(O)CNCC(C)C. The van der Waals surface area contributed by atoms with E-state index in [1.807, 2.05) is 11.8 Å². The van der Waals surface area contributed by atoms with Gasteiger partial charge in [-0.05, 0) is 24.1 Å². The Hall–Kier alpha value is 0.270. The van der Waals surface area contributed by atoms with E-state index < -0.39 is 0 Å². The predicted octanol–water partition coefficient (Wildman–Crippen LogP) is 2.37. The molecule has 0 saturated carbocycles. The van der Waals surface area contributed by atoms with Gasteiger partial charge in [-0.2, -0.15) is 11.8 Å². The smallest absolute Gasteiger partial charge is 0.0754 e. The Labute approximate surface area is 99.2 Å². The lowest BCUT2D eigenvalue weighted by molar-refractivity contribution is 0.194. The van der Waals surface area contributed by atoms with Crippen molar-refractivity contribution in [2.45, 2.75) is 40.2 Å². The standard InChI is InChI=1S/C12H27NOS/c1-5-11(4)8-15-9-12(14)7-13-6-10(2)3/h10-14H,5-9H2,1-4H3. The van der Waals surface area contributed by atoms with Crippen molar-refractivity contribution in [2.75, 3.05) is 24.6 Å². The number of thioether (sulfide) groups is 1. The minimum Gasteiger partial charge on any atom is -0.391 e. The van der Waals surface area contributed by atoms with E-state index in [9.17, 15) is 5.11 Å². The quantitative estimate of drug-likeness (QED) is 0.641. The van der Waals surface area contributed by atoms with Crippen molar-refractivity contribution in [3.05, 3.63) is 0 Å². The number of hydrogen-bond donors (Lipinski definition) is 2. The van der Waals surface area contributed by atoms with E-state index >= 15 is 0 Å². The summed E-state index contributed by atoms with van der Waals surface area (Å²) in [6, 6.07) is 0. The molecule has 0 rings (SSSR count). The van der Waals surface area contributed by atoms with E-state index in [1.54, 1.807) is 0 Å². The van der Waals surface area contributed by atoms with Crippen LogP contribution in [0.2, 0.25) is 0 Å². The molecule has 0 radical (unpaired) electrons. The topological polar surface area (TPSA) is 32.3 Å². The molecule has 0 aromatic rings. The van der Waals surface area contributed by atoms with Crippen molar-refractivity contribution >= 4 is 11.8 Å². The van der Waals surface area contributed by atoms with E-state index in [2.05, 4.69) is 33.0 Å². The molecule has 0 saturated heterocycles. The molecular formula is C12H27NOS. The maximum Gasteiger partial charge on any atom is 0.0754 e. The van der Waals surface area contributed by atoms with Crippen LogP contribution < -0.4 is 5.32 Å². The molecule has 0 aromatic heterocycles. The summed E-state index contributed by atoms with van der Waals surface area (Å²) >= 11 is 1.86. The predicted molar refractivity (Wildman–Crippen MR) is 70.5 cm³/mol. The molecular weight excluding hydrogens is 206 g/mol. The first-order valence-corrected chi connectivity index (χ1v) is 7.18.